The molecule has 0 radical (unpaired) electrons. The number of anilines is 1. The summed E-state index contributed by atoms with van der Waals surface area (Å²) in [4.78, 5) is 12.5. The Bertz CT molecular complexity index is 1050. The number of hydrogen-bond acceptors (Lipinski definition) is 4. The first kappa shape index (κ1) is 25.0. The molecule has 6 nitrogen and oxygen atoms in total. The predicted octanol–water partition coefficient (Wildman–Crippen LogP) is 4.70. The van der Waals surface area contributed by atoms with Crippen LogP contribution in [-0.4, -0.2) is 34.2 Å². The SMILES string of the molecule is COc1ccc(N(CCCC(=O)N[C@@H](C)c2cc(C)c(C)cc2C)S(C)(=O)=O)cc1Cl. The average Bonchev–Trinajstić information content (AvgIpc) is 2.67. The second-order valence-corrected chi connectivity index (χ2v) is 10.2. The van der Waals surface area contributed by atoms with Gasteiger partial charge in [0.1, 0.15) is 5.75 Å². The third-order valence-corrected chi connectivity index (χ3v) is 6.80. The molecular weight excluding hydrogens is 436 g/mol. The van der Waals surface area contributed by atoms with Crippen LogP contribution in [0.1, 0.15) is 48.1 Å². The lowest BCUT2D eigenvalue weighted by atomic mass is 9.96. The number of carbonyl (C=O) groups is 1. The predicted molar refractivity (Wildman–Crippen MR) is 127 cm³/mol. The highest BCUT2D eigenvalue weighted by Gasteiger charge is 2.19. The third kappa shape index (κ3) is 6.61. The summed E-state index contributed by atoms with van der Waals surface area (Å²) < 4.78 is 30.9. The molecule has 2 aromatic carbocycles. The van der Waals surface area contributed by atoms with Gasteiger partial charge in [0, 0.05) is 13.0 Å². The molecule has 1 atom stereocenters. The number of carbonyl (C=O) groups excluding carboxylic acids is 1. The highest BCUT2D eigenvalue weighted by molar-refractivity contribution is 7.92. The highest BCUT2D eigenvalue weighted by Crippen LogP contribution is 2.30. The Morgan fingerprint density at radius 2 is 1.77 bits per heavy atom. The molecule has 0 bridgehead atoms. The van der Waals surface area contributed by atoms with Crippen LogP contribution in [0.2, 0.25) is 5.02 Å². The van der Waals surface area contributed by atoms with Crippen LogP contribution in [0.4, 0.5) is 5.69 Å². The first-order chi connectivity index (χ1) is 14.4. The van der Waals surface area contributed by atoms with Crippen molar-refractivity contribution >= 4 is 33.2 Å². The molecule has 170 valence electrons. The number of rotatable bonds is 9. The number of amides is 1. The molecule has 0 saturated carbocycles. The normalized spacial score (nSPS) is 12.4. The topological polar surface area (TPSA) is 75.7 Å². The Balaban J connectivity index is 2.02. The zero-order valence-electron chi connectivity index (χ0n) is 19.0. The number of sulfonamides is 1. The van der Waals surface area contributed by atoms with Crippen LogP contribution in [-0.2, 0) is 14.8 Å². The number of halogens is 1. The molecule has 0 heterocycles. The van der Waals surface area contributed by atoms with Crippen molar-refractivity contribution in [3.05, 3.63) is 57.6 Å². The van der Waals surface area contributed by atoms with Gasteiger partial charge in [-0.1, -0.05) is 23.7 Å². The monoisotopic (exact) mass is 466 g/mol. The van der Waals surface area contributed by atoms with Gasteiger partial charge in [0.2, 0.25) is 15.9 Å². The van der Waals surface area contributed by atoms with Gasteiger partial charge in [-0.3, -0.25) is 9.10 Å². The van der Waals surface area contributed by atoms with Gasteiger partial charge in [0.15, 0.2) is 0 Å². The van der Waals surface area contributed by atoms with E-state index in [1.54, 1.807) is 18.2 Å². The number of benzene rings is 2. The molecule has 1 amide bonds. The van der Waals surface area contributed by atoms with Crippen molar-refractivity contribution in [1.29, 1.82) is 0 Å². The molecule has 8 heteroatoms. The van der Waals surface area contributed by atoms with Crippen LogP contribution in [0.3, 0.4) is 0 Å². The fourth-order valence-corrected chi connectivity index (χ4v) is 4.73. The largest absolute Gasteiger partial charge is 0.495 e. The van der Waals surface area contributed by atoms with E-state index in [1.807, 2.05) is 13.8 Å². The highest BCUT2D eigenvalue weighted by atomic mass is 35.5. The molecule has 0 unspecified atom stereocenters. The minimum Gasteiger partial charge on any atom is -0.495 e. The lowest BCUT2D eigenvalue weighted by Crippen LogP contribution is -2.32. The summed E-state index contributed by atoms with van der Waals surface area (Å²) in [6.07, 6.45) is 1.72. The Kier molecular flexibility index (Phi) is 8.37. The van der Waals surface area contributed by atoms with E-state index in [9.17, 15) is 13.2 Å². The van der Waals surface area contributed by atoms with E-state index in [0.717, 1.165) is 17.4 Å². The molecule has 0 aliphatic rings. The lowest BCUT2D eigenvalue weighted by Gasteiger charge is -2.23. The van der Waals surface area contributed by atoms with Gasteiger partial charge in [-0.15, -0.1) is 0 Å². The average molecular weight is 467 g/mol. The van der Waals surface area contributed by atoms with Crippen LogP contribution >= 0.6 is 11.6 Å². The summed E-state index contributed by atoms with van der Waals surface area (Å²) in [5.41, 5.74) is 5.06. The van der Waals surface area contributed by atoms with Gasteiger partial charge < -0.3 is 10.1 Å². The number of aryl methyl sites for hydroxylation is 3. The molecule has 0 saturated heterocycles. The molecule has 1 N–H and O–H groups in total. The van der Waals surface area contributed by atoms with E-state index in [0.29, 0.717) is 22.9 Å². The number of methoxy groups -OCH3 is 1. The molecular formula is C23H31ClN2O4S. The fraction of sp³-hybridized carbons (Fsp3) is 0.435. The summed E-state index contributed by atoms with van der Waals surface area (Å²) in [7, 11) is -2.04. The second-order valence-electron chi connectivity index (χ2n) is 7.84. The lowest BCUT2D eigenvalue weighted by molar-refractivity contribution is -0.121. The number of hydrogen-bond donors (Lipinski definition) is 1. The summed E-state index contributed by atoms with van der Waals surface area (Å²) in [6, 6.07) is 8.91. The van der Waals surface area contributed by atoms with Crippen LogP contribution in [0.25, 0.3) is 0 Å². The van der Waals surface area contributed by atoms with Crippen molar-refractivity contribution in [2.45, 2.75) is 46.6 Å². The first-order valence-corrected chi connectivity index (χ1v) is 12.3. The van der Waals surface area contributed by atoms with Gasteiger partial charge in [-0.2, -0.15) is 0 Å². The zero-order chi connectivity index (χ0) is 23.3. The van der Waals surface area contributed by atoms with E-state index in [-0.39, 0.29) is 24.9 Å². The number of nitrogens with one attached hydrogen (secondary N) is 1. The number of nitrogens with zero attached hydrogens (tertiary/aromatic N) is 1. The van der Waals surface area contributed by atoms with Crippen molar-refractivity contribution in [3.63, 3.8) is 0 Å². The van der Waals surface area contributed by atoms with Gasteiger partial charge in [0.05, 0.1) is 30.1 Å². The van der Waals surface area contributed by atoms with Gasteiger partial charge >= 0.3 is 0 Å². The van der Waals surface area contributed by atoms with Gasteiger partial charge in [-0.25, -0.2) is 8.42 Å². The van der Waals surface area contributed by atoms with Crippen molar-refractivity contribution in [2.75, 3.05) is 24.2 Å². The molecule has 0 fully saturated rings. The minimum atomic E-state index is -3.53. The molecule has 31 heavy (non-hydrogen) atoms. The smallest absolute Gasteiger partial charge is 0.232 e. The summed E-state index contributed by atoms with van der Waals surface area (Å²) in [6.45, 7) is 8.29. The van der Waals surface area contributed by atoms with E-state index in [4.69, 9.17) is 16.3 Å². The molecule has 0 aromatic heterocycles. The minimum absolute atomic E-state index is 0.119. The Hall–Kier alpha value is -2.25. The van der Waals surface area contributed by atoms with Gasteiger partial charge in [-0.05, 0) is 74.6 Å². The van der Waals surface area contributed by atoms with Crippen molar-refractivity contribution in [2.24, 2.45) is 0 Å². The van der Waals surface area contributed by atoms with Crippen LogP contribution in [0.15, 0.2) is 30.3 Å². The summed E-state index contributed by atoms with van der Waals surface area (Å²) >= 11 is 6.15. The second kappa shape index (κ2) is 10.4. The van der Waals surface area contributed by atoms with Crippen molar-refractivity contribution in [1.82, 2.24) is 5.32 Å². The standard InChI is InChI=1S/C23H31ClN2O4S/c1-15-12-17(3)20(13-16(15)2)18(4)25-23(27)8-7-11-26(31(6,28)29)19-9-10-22(30-5)21(24)14-19/h9-10,12-14,18H,7-8,11H2,1-6H3,(H,25,27)/t18-/m0/s1. The number of ether oxygens (including phenoxy) is 1. The maximum absolute atomic E-state index is 12.5. The Morgan fingerprint density at radius 1 is 1.13 bits per heavy atom. The third-order valence-electron chi connectivity index (χ3n) is 5.32. The van der Waals surface area contributed by atoms with Crippen LogP contribution in [0, 0.1) is 20.8 Å². The fourth-order valence-electron chi connectivity index (χ4n) is 3.52. The molecule has 2 aromatic rings. The Morgan fingerprint density at radius 3 is 2.35 bits per heavy atom. The van der Waals surface area contributed by atoms with Crippen molar-refractivity contribution in [3.8, 4) is 5.75 Å². The molecule has 2 rings (SSSR count). The Labute approximate surface area is 190 Å². The van der Waals surface area contributed by atoms with E-state index in [2.05, 4.69) is 31.3 Å². The first-order valence-electron chi connectivity index (χ1n) is 10.1. The van der Waals surface area contributed by atoms with Crippen LogP contribution in [0.5, 0.6) is 5.75 Å². The zero-order valence-corrected chi connectivity index (χ0v) is 20.5. The van der Waals surface area contributed by atoms with E-state index < -0.39 is 10.0 Å². The van der Waals surface area contributed by atoms with E-state index >= 15 is 0 Å². The summed E-state index contributed by atoms with van der Waals surface area (Å²) in [5.74, 6) is 0.347. The molecule has 0 aliphatic carbocycles. The maximum Gasteiger partial charge on any atom is 0.232 e. The van der Waals surface area contributed by atoms with Crippen molar-refractivity contribution < 1.29 is 17.9 Å². The summed E-state index contributed by atoms with van der Waals surface area (Å²) in [5, 5.41) is 3.34. The molecule has 0 spiro atoms. The van der Waals surface area contributed by atoms with E-state index in [1.165, 1.54) is 22.5 Å². The molecule has 0 aliphatic heterocycles. The maximum atomic E-state index is 12.5. The quantitative estimate of drug-likeness (QED) is 0.581. The van der Waals surface area contributed by atoms with Crippen LogP contribution < -0.4 is 14.4 Å². The van der Waals surface area contributed by atoms with Gasteiger partial charge in [0.25, 0.3) is 0 Å².